The average Bonchev–Trinajstić information content (AvgIpc) is 3.50. The second-order valence-corrected chi connectivity index (χ2v) is 15.3. The number of aromatic nitrogens is 2. The lowest BCUT2D eigenvalue weighted by Crippen LogP contribution is -2.55. The van der Waals surface area contributed by atoms with Crippen LogP contribution < -0.4 is 30.3 Å². The van der Waals surface area contributed by atoms with Crippen molar-refractivity contribution in [3.63, 3.8) is 0 Å². The molecule has 4 N–H and O–H groups in total. The number of alkyl halides is 2. The maximum Gasteiger partial charge on any atom is 0.507 e. The largest absolute Gasteiger partial charge is 0.507 e. The molecule has 2 aromatic heterocycles. The minimum atomic E-state index is -5.35. The van der Waals surface area contributed by atoms with Crippen molar-refractivity contribution in [2.75, 3.05) is 4.90 Å². The van der Waals surface area contributed by atoms with Gasteiger partial charge in [-0.05, 0) is 67.5 Å². The lowest BCUT2D eigenvalue weighted by Gasteiger charge is -2.28. The van der Waals surface area contributed by atoms with E-state index in [0.717, 1.165) is 23.3 Å². The number of nitrogens with zero attached hydrogens (tertiary/aromatic N) is 3. The second kappa shape index (κ2) is 16.2. The molecule has 4 aromatic rings. The molecule has 0 aliphatic carbocycles. The average molecular weight is 773 g/mol. The minimum absolute atomic E-state index is 0.0993. The van der Waals surface area contributed by atoms with Crippen LogP contribution in [0.3, 0.4) is 0 Å². The number of carbonyl (C=O) groups is 4. The monoisotopic (exact) mass is 772 g/mol. The highest BCUT2D eigenvalue weighted by Crippen LogP contribution is 2.65. The van der Waals surface area contributed by atoms with Crippen LogP contribution in [-0.4, -0.2) is 51.7 Å². The third kappa shape index (κ3) is 8.57. The van der Waals surface area contributed by atoms with Crippen LogP contribution in [0.4, 0.5) is 14.5 Å². The second-order valence-electron chi connectivity index (χ2n) is 13.3. The molecular weight excluding hydrogens is 733 g/mol. The molecule has 55 heavy (non-hydrogen) atoms. The summed E-state index contributed by atoms with van der Waals surface area (Å²) < 4.78 is 56.5. The van der Waals surface area contributed by atoms with Crippen LogP contribution in [0.1, 0.15) is 55.4 Å². The third-order valence-corrected chi connectivity index (χ3v) is 11.1. The van der Waals surface area contributed by atoms with Crippen LogP contribution >= 0.6 is 7.60 Å². The number of para-hydroxylation sites is 1. The SMILES string of the molecule is C/C(=C\C(=O)N[C@H]1CCc2cccc3c2N(C1=O)[C@H](C(=O)NC(C)CCC(N)=O)C3)c1ccc(C(F)(F)P(=O)(Oc2ccccn2)Oc2ccccn2)cc1. The fourth-order valence-corrected chi connectivity index (χ4v) is 7.95. The van der Waals surface area contributed by atoms with E-state index in [1.54, 1.807) is 13.8 Å². The first kappa shape index (κ1) is 38.8. The minimum Gasteiger partial charge on any atom is -0.393 e. The molecule has 0 bridgehead atoms. The highest BCUT2D eigenvalue weighted by atomic mass is 31.2. The van der Waals surface area contributed by atoms with Crippen molar-refractivity contribution in [1.82, 2.24) is 20.6 Å². The molecule has 2 aliphatic rings. The topological polar surface area (TPSA) is 183 Å². The summed E-state index contributed by atoms with van der Waals surface area (Å²) >= 11 is 0. The van der Waals surface area contributed by atoms with Gasteiger partial charge < -0.3 is 25.4 Å². The summed E-state index contributed by atoms with van der Waals surface area (Å²) in [5.74, 6) is -2.58. The Morgan fingerprint density at radius 2 is 1.62 bits per heavy atom. The maximum absolute atomic E-state index is 16.1. The Kier molecular flexibility index (Phi) is 11.4. The number of rotatable bonds is 14. The van der Waals surface area contributed by atoms with E-state index in [2.05, 4.69) is 20.6 Å². The number of aryl methyl sites for hydroxylation is 1. The van der Waals surface area contributed by atoms with Crippen molar-refractivity contribution in [3.8, 4) is 11.8 Å². The summed E-state index contributed by atoms with van der Waals surface area (Å²) in [6.07, 6.45) is 5.31. The first-order chi connectivity index (χ1) is 26.3. The van der Waals surface area contributed by atoms with Gasteiger partial charge in [-0.2, -0.15) is 8.78 Å². The van der Waals surface area contributed by atoms with Crippen molar-refractivity contribution < 1.29 is 41.6 Å². The lowest BCUT2D eigenvalue weighted by molar-refractivity contribution is -0.128. The molecule has 2 aliphatic heterocycles. The maximum atomic E-state index is 16.1. The number of halogens is 2. The fraction of sp³-hybridized carbons (Fsp3) is 0.282. The predicted molar refractivity (Wildman–Crippen MR) is 199 cm³/mol. The number of hydrogen-bond acceptors (Lipinski definition) is 9. The van der Waals surface area contributed by atoms with Crippen molar-refractivity contribution in [1.29, 1.82) is 0 Å². The Morgan fingerprint density at radius 3 is 2.22 bits per heavy atom. The number of allylic oxidation sites excluding steroid dienone is 1. The van der Waals surface area contributed by atoms with Crippen molar-refractivity contribution in [2.24, 2.45) is 5.73 Å². The molecule has 3 atom stereocenters. The number of anilines is 1. The Hall–Kier alpha value is -5.95. The molecule has 0 saturated carbocycles. The fourth-order valence-electron chi connectivity index (χ4n) is 6.51. The molecule has 4 heterocycles. The quantitative estimate of drug-likeness (QED) is 0.111. The van der Waals surface area contributed by atoms with E-state index < -0.39 is 48.6 Å². The first-order valence-electron chi connectivity index (χ1n) is 17.6. The molecule has 4 amide bonds. The van der Waals surface area contributed by atoms with Crippen LogP contribution in [-0.2, 0) is 42.2 Å². The number of nitrogens with two attached hydrogens (primary N) is 1. The number of pyridine rings is 2. The molecule has 2 aromatic carbocycles. The molecule has 6 rings (SSSR count). The van der Waals surface area contributed by atoms with Gasteiger partial charge in [0.05, 0.1) is 5.69 Å². The number of primary amides is 1. The first-order valence-corrected chi connectivity index (χ1v) is 19.1. The normalized spacial score (nSPS) is 17.4. The van der Waals surface area contributed by atoms with E-state index >= 15 is 8.78 Å². The summed E-state index contributed by atoms with van der Waals surface area (Å²) in [5.41, 5.74) is 3.58. The van der Waals surface area contributed by atoms with Gasteiger partial charge in [0.1, 0.15) is 12.1 Å². The van der Waals surface area contributed by atoms with Crippen LogP contribution in [0.15, 0.2) is 97.3 Å². The van der Waals surface area contributed by atoms with Gasteiger partial charge in [-0.1, -0.05) is 54.6 Å². The zero-order chi connectivity index (χ0) is 39.3. The number of carbonyl (C=O) groups excluding carboxylic acids is 4. The Morgan fingerprint density at radius 1 is 0.982 bits per heavy atom. The summed E-state index contributed by atoms with van der Waals surface area (Å²) in [7, 11) is -5.35. The van der Waals surface area contributed by atoms with Crippen molar-refractivity contribution in [3.05, 3.63) is 120 Å². The van der Waals surface area contributed by atoms with Gasteiger partial charge in [-0.25, -0.2) is 14.5 Å². The third-order valence-electron chi connectivity index (χ3n) is 9.32. The molecule has 0 saturated heterocycles. The Labute approximate surface area is 315 Å². The molecule has 1 unspecified atom stereocenters. The molecule has 0 fully saturated rings. The summed E-state index contributed by atoms with van der Waals surface area (Å²) in [6.45, 7) is 3.35. The van der Waals surface area contributed by atoms with Gasteiger partial charge in [0.15, 0.2) is 0 Å². The van der Waals surface area contributed by atoms with E-state index in [1.165, 1.54) is 71.9 Å². The van der Waals surface area contributed by atoms with Crippen molar-refractivity contribution >= 4 is 42.5 Å². The van der Waals surface area contributed by atoms with Crippen LogP contribution in [0, 0.1) is 0 Å². The number of amides is 4. The number of nitrogens with one attached hydrogen (secondary N) is 2. The lowest BCUT2D eigenvalue weighted by atomic mass is 10.0. The molecule has 286 valence electrons. The van der Waals surface area contributed by atoms with Gasteiger partial charge in [0.25, 0.3) is 0 Å². The van der Waals surface area contributed by atoms with E-state index in [-0.39, 0.29) is 43.0 Å². The summed E-state index contributed by atoms with van der Waals surface area (Å²) in [4.78, 5) is 61.3. The van der Waals surface area contributed by atoms with E-state index in [1.807, 2.05) is 18.2 Å². The molecule has 0 spiro atoms. The Balaban J connectivity index is 1.17. The van der Waals surface area contributed by atoms with E-state index in [4.69, 9.17) is 14.8 Å². The highest BCUT2D eigenvalue weighted by molar-refractivity contribution is 7.55. The van der Waals surface area contributed by atoms with Crippen molar-refractivity contribution in [2.45, 2.75) is 69.7 Å². The van der Waals surface area contributed by atoms with Crippen LogP contribution in [0.2, 0.25) is 0 Å². The summed E-state index contributed by atoms with van der Waals surface area (Å²) in [6, 6.07) is 16.8. The smallest absolute Gasteiger partial charge is 0.393 e. The van der Waals surface area contributed by atoms with Crippen LogP contribution in [0.25, 0.3) is 5.57 Å². The molecular formula is C39H39F2N6O7P. The van der Waals surface area contributed by atoms with Gasteiger partial charge in [-0.3, -0.25) is 24.1 Å². The summed E-state index contributed by atoms with van der Waals surface area (Å²) in [5, 5.41) is 5.66. The van der Waals surface area contributed by atoms with Gasteiger partial charge in [0.2, 0.25) is 35.4 Å². The molecule has 16 heteroatoms. The zero-order valence-corrected chi connectivity index (χ0v) is 30.9. The predicted octanol–water partition coefficient (Wildman–Crippen LogP) is 5.44. The number of hydrogen-bond donors (Lipinski definition) is 3. The standard InChI is InChI=1S/C39H39F2N6O7P/c1-24(26-13-16-29(17-14-26)39(40,41)55(52,53-34-10-3-5-20-43-34)54-35-11-4-6-21-44-35)22-33(49)46-30-18-15-27-8-7-9-28-23-31(47(36(27)28)38(30)51)37(50)45-25(2)12-19-32(42)48/h3-11,13-14,16-17,20-22,25,30-31H,12,15,18-19,23H2,1-2H3,(H2,42,48)(H,45,50)(H,46,49)/b24-22+/t25?,30-,31-/m0/s1. The van der Waals surface area contributed by atoms with Gasteiger partial charge >= 0.3 is 13.3 Å². The molecule has 13 nitrogen and oxygen atoms in total. The van der Waals surface area contributed by atoms with Gasteiger partial charge in [0, 0.05) is 55.0 Å². The zero-order valence-electron chi connectivity index (χ0n) is 30.0. The number of benzene rings is 2. The van der Waals surface area contributed by atoms with E-state index in [0.29, 0.717) is 29.7 Å². The Bertz CT molecular complexity index is 2110. The van der Waals surface area contributed by atoms with Gasteiger partial charge in [-0.15, -0.1) is 0 Å². The molecule has 0 radical (unpaired) electrons. The van der Waals surface area contributed by atoms with E-state index in [9.17, 15) is 23.7 Å². The van der Waals surface area contributed by atoms with Crippen LogP contribution in [0.5, 0.6) is 11.8 Å². The highest BCUT2D eigenvalue weighted by Gasteiger charge is 2.58.